The Labute approximate surface area is 166 Å². The summed E-state index contributed by atoms with van der Waals surface area (Å²) < 4.78 is 6.22. The second kappa shape index (κ2) is 7.77. The zero-order chi connectivity index (χ0) is 20.4. The van der Waals surface area contributed by atoms with E-state index in [4.69, 9.17) is 17.0 Å². The number of ether oxygens (including phenoxy) is 1. The van der Waals surface area contributed by atoms with Crippen LogP contribution in [0.25, 0.3) is 16.6 Å². The van der Waals surface area contributed by atoms with Crippen molar-refractivity contribution in [3.05, 3.63) is 68.7 Å². The zero-order valence-electron chi connectivity index (χ0n) is 15.6. The molecule has 144 valence electrons. The number of hydrogen-bond acceptors (Lipinski definition) is 5. The van der Waals surface area contributed by atoms with Crippen LogP contribution in [0.5, 0.6) is 0 Å². The number of rotatable bonds is 4. The summed E-state index contributed by atoms with van der Waals surface area (Å²) in [5.74, 6) is -0.687. The molecule has 0 fully saturated rings. The van der Waals surface area contributed by atoms with Crippen molar-refractivity contribution in [1.82, 2.24) is 14.9 Å². The minimum Gasteiger partial charge on any atom is -0.465 e. The summed E-state index contributed by atoms with van der Waals surface area (Å²) in [7, 11) is 1.29. The largest absolute Gasteiger partial charge is 0.465 e. The number of nitrogens with zero attached hydrogens (tertiary/aromatic N) is 1. The fourth-order valence-corrected chi connectivity index (χ4v) is 3.10. The van der Waals surface area contributed by atoms with Crippen molar-refractivity contribution in [3.8, 4) is 5.69 Å². The highest BCUT2D eigenvalue weighted by Gasteiger charge is 2.12. The molecule has 28 heavy (non-hydrogen) atoms. The topological polar surface area (TPSA) is 93.2 Å². The maximum atomic E-state index is 12.9. The molecule has 0 unspecified atom stereocenters. The highest BCUT2D eigenvalue weighted by atomic mass is 32.1. The number of hydrogen-bond donors (Lipinski definition) is 2. The van der Waals surface area contributed by atoms with Gasteiger partial charge in [-0.2, -0.15) is 0 Å². The second-order valence-corrected chi connectivity index (χ2v) is 6.88. The third-order valence-electron chi connectivity index (χ3n) is 4.13. The number of nitrogens with one attached hydrogen (secondary N) is 2. The van der Waals surface area contributed by atoms with Gasteiger partial charge in [0.05, 0.1) is 29.3 Å². The Hall–Kier alpha value is -3.26. The predicted octanol–water partition coefficient (Wildman–Crippen LogP) is 2.97. The lowest BCUT2D eigenvalue weighted by Crippen LogP contribution is -2.30. The van der Waals surface area contributed by atoms with Crippen molar-refractivity contribution in [1.29, 1.82) is 0 Å². The van der Waals surface area contributed by atoms with Crippen LogP contribution < -0.4 is 10.9 Å². The molecule has 0 bridgehead atoms. The Kier molecular flexibility index (Phi) is 5.41. The molecule has 3 aromatic rings. The van der Waals surface area contributed by atoms with Gasteiger partial charge < -0.3 is 15.0 Å². The molecule has 0 aliphatic heterocycles. The summed E-state index contributed by atoms with van der Waals surface area (Å²) in [5.41, 5.74) is 1.46. The highest BCUT2D eigenvalue weighted by molar-refractivity contribution is 7.71. The van der Waals surface area contributed by atoms with E-state index in [2.05, 4.69) is 10.3 Å². The van der Waals surface area contributed by atoms with Gasteiger partial charge in [0, 0.05) is 11.6 Å². The molecule has 2 N–H and O–H groups in total. The Morgan fingerprint density at radius 1 is 1.11 bits per heavy atom. The lowest BCUT2D eigenvalue weighted by atomic mass is 10.1. The minimum absolute atomic E-state index is 0.0269. The van der Waals surface area contributed by atoms with E-state index < -0.39 is 5.97 Å². The second-order valence-electron chi connectivity index (χ2n) is 6.50. The lowest BCUT2D eigenvalue weighted by molar-refractivity contribution is 0.0600. The van der Waals surface area contributed by atoms with Gasteiger partial charge >= 0.3 is 5.97 Å². The van der Waals surface area contributed by atoms with Crippen molar-refractivity contribution in [2.75, 3.05) is 7.11 Å². The van der Waals surface area contributed by atoms with Gasteiger partial charge in [0.25, 0.3) is 11.5 Å². The number of benzene rings is 2. The number of amides is 1. The van der Waals surface area contributed by atoms with E-state index in [9.17, 15) is 14.4 Å². The van der Waals surface area contributed by atoms with Crippen LogP contribution in [-0.2, 0) is 4.74 Å². The maximum Gasteiger partial charge on any atom is 0.337 e. The first-order valence-corrected chi connectivity index (χ1v) is 9.01. The number of esters is 1. The van der Waals surface area contributed by atoms with Gasteiger partial charge in [-0.1, -0.05) is 0 Å². The fourth-order valence-electron chi connectivity index (χ4n) is 2.80. The van der Waals surface area contributed by atoms with Crippen LogP contribution in [0.1, 0.15) is 34.6 Å². The van der Waals surface area contributed by atoms with E-state index in [1.807, 2.05) is 13.8 Å². The molecular weight excluding hydrogens is 378 g/mol. The number of aromatic amines is 1. The van der Waals surface area contributed by atoms with Crippen molar-refractivity contribution in [3.63, 3.8) is 0 Å². The molecule has 7 nitrogen and oxygen atoms in total. The summed E-state index contributed by atoms with van der Waals surface area (Å²) in [4.78, 5) is 39.7. The van der Waals surface area contributed by atoms with E-state index in [1.54, 1.807) is 30.3 Å². The monoisotopic (exact) mass is 397 g/mol. The summed E-state index contributed by atoms with van der Waals surface area (Å²) in [6.07, 6.45) is 0. The summed E-state index contributed by atoms with van der Waals surface area (Å²) in [5, 5.41) is 3.19. The molecule has 0 aliphatic rings. The van der Waals surface area contributed by atoms with Crippen LogP contribution in [-0.4, -0.2) is 34.6 Å². The Morgan fingerprint density at radius 3 is 2.36 bits per heavy atom. The summed E-state index contributed by atoms with van der Waals surface area (Å²) in [6, 6.07) is 11.2. The Bertz CT molecular complexity index is 1180. The van der Waals surface area contributed by atoms with Crippen LogP contribution in [0.15, 0.2) is 47.3 Å². The lowest BCUT2D eigenvalue weighted by Gasteiger charge is -2.11. The average molecular weight is 397 g/mol. The highest BCUT2D eigenvalue weighted by Crippen LogP contribution is 2.15. The van der Waals surface area contributed by atoms with Gasteiger partial charge in [-0.25, -0.2) is 4.79 Å². The molecule has 0 atom stereocenters. The van der Waals surface area contributed by atoms with Crippen LogP contribution >= 0.6 is 12.2 Å². The molecule has 0 radical (unpaired) electrons. The molecule has 1 amide bonds. The third kappa shape index (κ3) is 3.72. The number of carbonyl (C=O) groups is 2. The van der Waals surface area contributed by atoms with Crippen molar-refractivity contribution in [2.24, 2.45) is 0 Å². The predicted molar refractivity (Wildman–Crippen MR) is 109 cm³/mol. The Balaban J connectivity index is 2.06. The summed E-state index contributed by atoms with van der Waals surface area (Å²) in [6.45, 7) is 3.76. The molecule has 0 spiro atoms. The van der Waals surface area contributed by atoms with E-state index in [0.717, 1.165) is 0 Å². The van der Waals surface area contributed by atoms with E-state index in [1.165, 1.54) is 23.8 Å². The first kappa shape index (κ1) is 19.5. The van der Waals surface area contributed by atoms with Gasteiger partial charge in [-0.3, -0.25) is 14.2 Å². The molecular formula is C20H19N3O4S. The summed E-state index contributed by atoms with van der Waals surface area (Å²) >= 11 is 5.34. The average Bonchev–Trinajstić information content (AvgIpc) is 2.66. The van der Waals surface area contributed by atoms with Crippen LogP contribution in [0, 0.1) is 4.77 Å². The van der Waals surface area contributed by atoms with Gasteiger partial charge in [0.1, 0.15) is 0 Å². The van der Waals surface area contributed by atoms with Crippen LogP contribution in [0.2, 0.25) is 0 Å². The maximum absolute atomic E-state index is 12.9. The normalized spacial score (nSPS) is 10.9. The van der Waals surface area contributed by atoms with Crippen molar-refractivity contribution >= 4 is 35.0 Å². The first-order chi connectivity index (χ1) is 13.3. The molecule has 8 heteroatoms. The minimum atomic E-state index is -0.499. The third-order valence-corrected chi connectivity index (χ3v) is 4.41. The fraction of sp³-hybridized carbons (Fsp3) is 0.200. The molecule has 1 heterocycles. The number of aromatic nitrogens is 2. The molecule has 0 saturated heterocycles. The van der Waals surface area contributed by atoms with Gasteiger partial charge in [-0.05, 0) is 68.5 Å². The molecule has 1 aromatic heterocycles. The van der Waals surface area contributed by atoms with Gasteiger partial charge in [-0.15, -0.1) is 0 Å². The standard InChI is InChI=1S/C20H19N3O4S/c1-11(2)21-17(24)12-4-7-14(8-5-12)23-18(25)15-9-6-13(19(26)27-3)10-16(15)22-20(23)28/h4-11H,1-3H3,(H,21,24)(H,22,28). The van der Waals surface area contributed by atoms with Crippen LogP contribution in [0.4, 0.5) is 0 Å². The number of methoxy groups -OCH3 is 1. The number of fused-ring (bicyclic) bond motifs is 1. The molecule has 0 saturated carbocycles. The zero-order valence-corrected chi connectivity index (χ0v) is 16.4. The van der Waals surface area contributed by atoms with Gasteiger partial charge in [0.2, 0.25) is 0 Å². The number of carbonyl (C=O) groups excluding carboxylic acids is 2. The van der Waals surface area contributed by atoms with Gasteiger partial charge in [0.15, 0.2) is 4.77 Å². The van der Waals surface area contributed by atoms with E-state index >= 15 is 0 Å². The van der Waals surface area contributed by atoms with E-state index in [0.29, 0.717) is 27.7 Å². The van der Waals surface area contributed by atoms with Crippen molar-refractivity contribution in [2.45, 2.75) is 19.9 Å². The molecule has 3 rings (SSSR count). The molecule has 0 aliphatic carbocycles. The van der Waals surface area contributed by atoms with Crippen LogP contribution in [0.3, 0.4) is 0 Å². The number of H-pyrrole nitrogens is 1. The quantitative estimate of drug-likeness (QED) is 0.522. The van der Waals surface area contributed by atoms with Crippen molar-refractivity contribution < 1.29 is 14.3 Å². The Morgan fingerprint density at radius 2 is 1.75 bits per heavy atom. The van der Waals surface area contributed by atoms with E-state index in [-0.39, 0.29) is 22.3 Å². The first-order valence-electron chi connectivity index (χ1n) is 8.60. The smallest absolute Gasteiger partial charge is 0.337 e. The molecule has 2 aromatic carbocycles. The SMILES string of the molecule is COC(=O)c1ccc2c(=O)n(-c3ccc(C(=O)NC(C)C)cc3)c(=S)[nH]c2c1.